The van der Waals surface area contributed by atoms with E-state index in [-0.39, 0.29) is 5.69 Å². The highest BCUT2D eigenvalue weighted by atomic mass is 16.7. The molecule has 7 heteroatoms. The Morgan fingerprint density at radius 2 is 1.68 bits per heavy atom. The van der Waals surface area contributed by atoms with Crippen LogP contribution in [0.2, 0.25) is 0 Å². The average molecular weight is 348 g/mol. The molecule has 0 radical (unpaired) electrons. The molecule has 0 N–H and O–H groups in total. The van der Waals surface area contributed by atoms with Gasteiger partial charge in [-0.2, -0.15) is 0 Å². The molecule has 0 spiro atoms. The first-order valence-corrected chi connectivity index (χ1v) is 8.50. The Morgan fingerprint density at radius 1 is 1.16 bits per heavy atom. The van der Waals surface area contributed by atoms with Gasteiger partial charge < -0.3 is 18.9 Å². The van der Waals surface area contributed by atoms with E-state index in [9.17, 15) is 4.79 Å². The van der Waals surface area contributed by atoms with E-state index in [2.05, 4.69) is 4.98 Å². The Bertz CT molecular complexity index is 650. The molecule has 0 saturated carbocycles. The van der Waals surface area contributed by atoms with E-state index >= 15 is 0 Å². The highest BCUT2D eigenvalue weighted by molar-refractivity contribution is 6.62. The lowest BCUT2D eigenvalue weighted by atomic mass is 9.80. The summed E-state index contributed by atoms with van der Waals surface area (Å²) in [4.78, 5) is 18.6. The van der Waals surface area contributed by atoms with Gasteiger partial charge in [0.25, 0.3) is 0 Å². The van der Waals surface area contributed by atoms with Crippen LogP contribution in [0.3, 0.4) is 0 Å². The Hall–Kier alpha value is -1.60. The Balaban J connectivity index is 2.36. The summed E-state index contributed by atoms with van der Waals surface area (Å²) in [5.41, 5.74) is 0.281. The van der Waals surface area contributed by atoms with Gasteiger partial charge >= 0.3 is 13.1 Å². The lowest BCUT2D eigenvalue weighted by Crippen LogP contribution is -2.41. The van der Waals surface area contributed by atoms with Crippen LogP contribution in [0.1, 0.15) is 59.0 Å². The number of anilines is 1. The molecule has 1 fully saturated rings. The number of rotatable bonds is 3. The van der Waals surface area contributed by atoms with Crippen LogP contribution >= 0.6 is 0 Å². The minimum Gasteiger partial charge on any atom is -0.455 e. The molecule has 1 aliphatic rings. The SMILES string of the molecule is CN(C)c1cc(B2OC(C)(C)C(C)(C)O2)cnc1C(=O)OC(C)(C)C. The van der Waals surface area contributed by atoms with Crippen molar-refractivity contribution in [3.63, 3.8) is 0 Å². The molecule has 0 amide bonds. The van der Waals surface area contributed by atoms with Crippen LogP contribution in [0, 0.1) is 0 Å². The van der Waals surface area contributed by atoms with Gasteiger partial charge in [0.2, 0.25) is 0 Å². The largest absolute Gasteiger partial charge is 0.496 e. The molecule has 2 rings (SSSR count). The number of nitrogens with zero attached hydrogens (tertiary/aromatic N) is 2. The van der Waals surface area contributed by atoms with Gasteiger partial charge in [-0.1, -0.05) is 0 Å². The molecule has 25 heavy (non-hydrogen) atoms. The summed E-state index contributed by atoms with van der Waals surface area (Å²) >= 11 is 0. The van der Waals surface area contributed by atoms with E-state index in [0.29, 0.717) is 5.69 Å². The minimum atomic E-state index is -0.577. The smallest absolute Gasteiger partial charge is 0.455 e. The Morgan fingerprint density at radius 3 is 2.12 bits per heavy atom. The van der Waals surface area contributed by atoms with Crippen molar-refractivity contribution in [1.82, 2.24) is 4.98 Å². The zero-order valence-electron chi connectivity index (χ0n) is 16.8. The lowest BCUT2D eigenvalue weighted by Gasteiger charge is -2.32. The van der Waals surface area contributed by atoms with E-state index in [1.807, 2.05) is 73.5 Å². The molecule has 6 nitrogen and oxygen atoms in total. The van der Waals surface area contributed by atoms with E-state index < -0.39 is 29.9 Å². The monoisotopic (exact) mass is 348 g/mol. The normalized spacial score (nSPS) is 19.0. The molecule has 1 aliphatic heterocycles. The third-order valence-corrected chi connectivity index (χ3v) is 4.49. The first kappa shape index (κ1) is 19.7. The second-order valence-corrected chi connectivity index (χ2v) is 8.62. The zero-order valence-corrected chi connectivity index (χ0v) is 16.8. The van der Waals surface area contributed by atoms with Crippen molar-refractivity contribution in [3.05, 3.63) is 18.0 Å². The summed E-state index contributed by atoms with van der Waals surface area (Å²) in [5, 5.41) is 0. The predicted molar refractivity (Wildman–Crippen MR) is 99.4 cm³/mol. The van der Waals surface area contributed by atoms with Gasteiger partial charge in [-0.3, -0.25) is 0 Å². The second-order valence-electron chi connectivity index (χ2n) is 8.62. The zero-order chi connectivity index (χ0) is 19.2. The van der Waals surface area contributed by atoms with E-state index in [0.717, 1.165) is 5.46 Å². The first-order valence-electron chi connectivity index (χ1n) is 8.50. The van der Waals surface area contributed by atoms with Crippen LogP contribution in [-0.2, 0) is 14.0 Å². The fourth-order valence-electron chi connectivity index (χ4n) is 2.40. The third kappa shape index (κ3) is 4.15. The number of pyridine rings is 1. The molecule has 0 unspecified atom stereocenters. The molecule has 1 aromatic rings. The predicted octanol–water partition coefficient (Wildman–Crippen LogP) is 2.40. The molecular formula is C18H29BN2O4. The number of hydrogen-bond acceptors (Lipinski definition) is 6. The number of aromatic nitrogens is 1. The summed E-state index contributed by atoms with van der Waals surface area (Å²) in [6.07, 6.45) is 1.62. The first-order chi connectivity index (χ1) is 11.2. The van der Waals surface area contributed by atoms with Gasteiger partial charge in [0.1, 0.15) is 5.60 Å². The topological polar surface area (TPSA) is 60.9 Å². The quantitative estimate of drug-likeness (QED) is 0.618. The van der Waals surface area contributed by atoms with Crippen molar-refractivity contribution in [2.75, 3.05) is 19.0 Å². The summed E-state index contributed by atoms with van der Waals surface area (Å²) in [7, 11) is 3.20. The molecule has 0 bridgehead atoms. The van der Waals surface area contributed by atoms with Gasteiger partial charge in [-0.25, -0.2) is 9.78 Å². The van der Waals surface area contributed by atoms with Crippen LogP contribution in [0.5, 0.6) is 0 Å². The molecule has 0 aromatic carbocycles. The number of ether oxygens (including phenoxy) is 1. The summed E-state index contributed by atoms with van der Waals surface area (Å²) in [5.74, 6) is -0.448. The molecule has 1 saturated heterocycles. The van der Waals surface area contributed by atoms with Gasteiger partial charge in [0, 0.05) is 25.8 Å². The minimum absolute atomic E-state index is 0.278. The van der Waals surface area contributed by atoms with Crippen LogP contribution in [0.4, 0.5) is 5.69 Å². The molecule has 0 atom stereocenters. The van der Waals surface area contributed by atoms with Crippen LogP contribution in [-0.4, -0.2) is 49.0 Å². The summed E-state index contributed by atoms with van der Waals surface area (Å²) in [6.45, 7) is 13.5. The summed E-state index contributed by atoms with van der Waals surface area (Å²) in [6, 6.07) is 1.87. The maximum absolute atomic E-state index is 12.5. The number of carbonyl (C=O) groups is 1. The highest BCUT2D eigenvalue weighted by Crippen LogP contribution is 2.36. The Kier molecular flexibility index (Phi) is 4.96. The van der Waals surface area contributed by atoms with Crippen molar-refractivity contribution in [1.29, 1.82) is 0 Å². The fourth-order valence-corrected chi connectivity index (χ4v) is 2.40. The van der Waals surface area contributed by atoms with Crippen molar-refractivity contribution in [2.24, 2.45) is 0 Å². The molecule has 0 aliphatic carbocycles. The van der Waals surface area contributed by atoms with Gasteiger partial charge in [-0.05, 0) is 54.5 Å². The van der Waals surface area contributed by atoms with Crippen molar-refractivity contribution < 1.29 is 18.8 Å². The van der Waals surface area contributed by atoms with Gasteiger partial charge in [0.15, 0.2) is 5.69 Å². The third-order valence-electron chi connectivity index (χ3n) is 4.49. The second kappa shape index (κ2) is 6.29. The highest BCUT2D eigenvalue weighted by Gasteiger charge is 2.52. The molecule has 138 valence electrons. The lowest BCUT2D eigenvalue weighted by molar-refractivity contribution is 0.00578. The van der Waals surface area contributed by atoms with Crippen LogP contribution < -0.4 is 10.4 Å². The number of hydrogen-bond donors (Lipinski definition) is 0. The summed E-state index contributed by atoms with van der Waals surface area (Å²) < 4.78 is 17.6. The fraction of sp³-hybridized carbons (Fsp3) is 0.667. The maximum Gasteiger partial charge on any atom is 0.496 e. The van der Waals surface area contributed by atoms with E-state index in [4.69, 9.17) is 14.0 Å². The molecule has 2 heterocycles. The standard InChI is InChI=1S/C18H29BN2O4/c1-16(2,3)23-15(22)14-13(21(8)9)10-12(11-20-14)19-24-17(4,5)18(6,7)25-19/h10-11H,1-9H3. The van der Waals surface area contributed by atoms with Gasteiger partial charge in [-0.15, -0.1) is 0 Å². The number of esters is 1. The van der Waals surface area contributed by atoms with Crippen molar-refractivity contribution >= 4 is 24.2 Å². The van der Waals surface area contributed by atoms with Crippen molar-refractivity contribution in [2.45, 2.75) is 65.3 Å². The maximum atomic E-state index is 12.5. The average Bonchev–Trinajstić information content (AvgIpc) is 2.64. The molecule has 1 aromatic heterocycles. The van der Waals surface area contributed by atoms with E-state index in [1.165, 1.54) is 0 Å². The van der Waals surface area contributed by atoms with E-state index in [1.54, 1.807) is 6.20 Å². The Labute approximate surface area is 151 Å². The molecular weight excluding hydrogens is 319 g/mol. The van der Waals surface area contributed by atoms with Crippen LogP contribution in [0.25, 0.3) is 0 Å². The van der Waals surface area contributed by atoms with Crippen molar-refractivity contribution in [3.8, 4) is 0 Å². The van der Waals surface area contributed by atoms with Crippen LogP contribution in [0.15, 0.2) is 12.3 Å². The van der Waals surface area contributed by atoms with Gasteiger partial charge in [0.05, 0.1) is 16.9 Å². The number of carbonyl (C=O) groups excluding carboxylic acids is 1.